The van der Waals surface area contributed by atoms with Gasteiger partial charge in [0.05, 0.1) is 22.4 Å². The molecule has 6 nitrogen and oxygen atoms in total. The Hall–Kier alpha value is -1.91. The lowest BCUT2D eigenvalue weighted by Crippen LogP contribution is -2.27. The summed E-state index contributed by atoms with van der Waals surface area (Å²) in [6.07, 6.45) is 0.212. The summed E-state index contributed by atoms with van der Waals surface area (Å²) >= 11 is 0. The minimum absolute atomic E-state index is 0.0508. The van der Waals surface area contributed by atoms with E-state index in [9.17, 15) is 13.2 Å². The second kappa shape index (κ2) is 6.50. The highest BCUT2D eigenvalue weighted by Crippen LogP contribution is 2.16. The fraction of sp³-hybridized carbons (Fsp3) is 0.385. The Balaban J connectivity index is 2.80. The lowest BCUT2D eigenvalue weighted by atomic mass is 10.1. The SMILES string of the molecule is Cc1cc(C#N)ccc1S(=O)(=O)NCCC(C)C(=O)O. The molecule has 7 heteroatoms. The average Bonchev–Trinajstić information content (AvgIpc) is 2.37. The first kappa shape index (κ1) is 16.1. The van der Waals surface area contributed by atoms with E-state index in [2.05, 4.69) is 4.72 Å². The van der Waals surface area contributed by atoms with E-state index in [1.807, 2.05) is 6.07 Å². The van der Waals surface area contributed by atoms with E-state index in [4.69, 9.17) is 10.4 Å². The Labute approximate surface area is 118 Å². The van der Waals surface area contributed by atoms with E-state index in [0.717, 1.165) is 0 Å². The van der Waals surface area contributed by atoms with Gasteiger partial charge in [-0.3, -0.25) is 4.79 Å². The van der Waals surface area contributed by atoms with Gasteiger partial charge in [0.2, 0.25) is 10.0 Å². The van der Waals surface area contributed by atoms with Crippen LogP contribution in [0.5, 0.6) is 0 Å². The van der Waals surface area contributed by atoms with Crippen LogP contribution in [0.25, 0.3) is 0 Å². The number of hydrogen-bond donors (Lipinski definition) is 2. The molecule has 0 heterocycles. The van der Waals surface area contributed by atoms with Gasteiger partial charge in [0.25, 0.3) is 0 Å². The smallest absolute Gasteiger partial charge is 0.306 e. The predicted molar refractivity (Wildman–Crippen MR) is 72.5 cm³/mol. The number of nitriles is 1. The zero-order chi connectivity index (χ0) is 15.3. The quantitative estimate of drug-likeness (QED) is 0.821. The molecule has 0 spiro atoms. The molecule has 0 aliphatic rings. The first-order chi connectivity index (χ1) is 9.27. The molecule has 2 N–H and O–H groups in total. The van der Waals surface area contributed by atoms with Crippen molar-refractivity contribution in [3.63, 3.8) is 0 Å². The third kappa shape index (κ3) is 4.05. The Morgan fingerprint density at radius 1 is 1.50 bits per heavy atom. The van der Waals surface area contributed by atoms with Crippen LogP contribution < -0.4 is 4.72 Å². The van der Waals surface area contributed by atoms with Crippen LogP contribution in [0.3, 0.4) is 0 Å². The molecule has 0 aromatic heterocycles. The number of carboxylic acid groups (broad SMARTS) is 1. The number of nitrogens with zero attached hydrogens (tertiary/aromatic N) is 1. The summed E-state index contributed by atoms with van der Waals surface area (Å²) in [4.78, 5) is 10.7. The van der Waals surface area contributed by atoms with Gasteiger partial charge in [-0.05, 0) is 37.1 Å². The van der Waals surface area contributed by atoms with Crippen LogP contribution in [-0.2, 0) is 14.8 Å². The van der Waals surface area contributed by atoms with Crippen LogP contribution in [0.2, 0.25) is 0 Å². The maximum atomic E-state index is 12.1. The molecule has 0 amide bonds. The largest absolute Gasteiger partial charge is 0.481 e. The van der Waals surface area contributed by atoms with Crippen LogP contribution in [0, 0.1) is 24.2 Å². The number of aliphatic carboxylic acids is 1. The molecular formula is C13H16N2O4S. The van der Waals surface area contributed by atoms with E-state index < -0.39 is 21.9 Å². The van der Waals surface area contributed by atoms with E-state index in [1.54, 1.807) is 6.92 Å². The van der Waals surface area contributed by atoms with Crippen molar-refractivity contribution in [1.82, 2.24) is 4.72 Å². The van der Waals surface area contributed by atoms with Crippen LogP contribution in [0.4, 0.5) is 0 Å². The normalized spacial score (nSPS) is 12.7. The third-order valence-electron chi connectivity index (χ3n) is 2.88. The van der Waals surface area contributed by atoms with Crippen molar-refractivity contribution in [3.05, 3.63) is 29.3 Å². The second-order valence-corrected chi connectivity index (χ2v) is 6.25. The highest BCUT2D eigenvalue weighted by atomic mass is 32.2. The van der Waals surface area contributed by atoms with Crippen LogP contribution in [0.15, 0.2) is 23.1 Å². The lowest BCUT2D eigenvalue weighted by Gasteiger charge is -2.10. The third-order valence-corrected chi connectivity index (χ3v) is 4.51. The van der Waals surface area contributed by atoms with Crippen molar-refractivity contribution in [2.24, 2.45) is 5.92 Å². The zero-order valence-electron chi connectivity index (χ0n) is 11.3. The molecule has 0 saturated carbocycles. The summed E-state index contributed by atoms with van der Waals surface area (Å²) < 4.78 is 26.5. The molecule has 1 atom stereocenters. The van der Waals surface area contributed by atoms with E-state index in [-0.39, 0.29) is 17.9 Å². The number of rotatable bonds is 6. The molecule has 0 bridgehead atoms. The minimum Gasteiger partial charge on any atom is -0.481 e. The molecule has 108 valence electrons. The molecule has 0 aliphatic heterocycles. The molecule has 0 radical (unpaired) electrons. The molecule has 0 fully saturated rings. The minimum atomic E-state index is -3.69. The summed E-state index contributed by atoms with van der Waals surface area (Å²) in [5.41, 5.74) is 0.865. The summed E-state index contributed by atoms with van der Waals surface area (Å²) in [6.45, 7) is 3.17. The average molecular weight is 296 g/mol. The van der Waals surface area contributed by atoms with Gasteiger partial charge in [0.1, 0.15) is 0 Å². The van der Waals surface area contributed by atoms with Gasteiger partial charge in [-0.25, -0.2) is 13.1 Å². The highest BCUT2D eigenvalue weighted by Gasteiger charge is 2.18. The van der Waals surface area contributed by atoms with Crippen molar-refractivity contribution in [2.45, 2.75) is 25.2 Å². The molecule has 0 saturated heterocycles. The lowest BCUT2D eigenvalue weighted by molar-refractivity contribution is -0.141. The Morgan fingerprint density at radius 3 is 2.65 bits per heavy atom. The topological polar surface area (TPSA) is 107 Å². The molecule has 1 rings (SSSR count). The molecule has 20 heavy (non-hydrogen) atoms. The fourth-order valence-corrected chi connectivity index (χ4v) is 2.90. The van der Waals surface area contributed by atoms with Gasteiger partial charge in [0, 0.05) is 6.54 Å². The first-order valence-corrected chi connectivity index (χ1v) is 7.49. The molecule has 1 unspecified atom stereocenters. The Kier molecular flexibility index (Phi) is 5.25. The van der Waals surface area contributed by atoms with Crippen molar-refractivity contribution < 1.29 is 18.3 Å². The predicted octanol–water partition coefficient (Wildman–Crippen LogP) is 1.26. The van der Waals surface area contributed by atoms with E-state index in [1.165, 1.54) is 25.1 Å². The zero-order valence-corrected chi connectivity index (χ0v) is 12.1. The summed E-state index contributed by atoms with van der Waals surface area (Å²) in [5.74, 6) is -1.57. The Morgan fingerprint density at radius 2 is 2.15 bits per heavy atom. The number of benzene rings is 1. The summed E-state index contributed by atoms with van der Waals surface area (Å²) in [5, 5.41) is 17.5. The van der Waals surface area contributed by atoms with Crippen LogP contribution >= 0.6 is 0 Å². The number of carbonyl (C=O) groups is 1. The maximum absolute atomic E-state index is 12.1. The van der Waals surface area contributed by atoms with Gasteiger partial charge in [-0.1, -0.05) is 6.92 Å². The summed E-state index contributed by atoms with van der Waals surface area (Å²) in [6, 6.07) is 6.23. The van der Waals surface area contributed by atoms with Crippen LogP contribution in [0.1, 0.15) is 24.5 Å². The van der Waals surface area contributed by atoms with E-state index >= 15 is 0 Å². The number of hydrogen-bond acceptors (Lipinski definition) is 4. The van der Waals surface area contributed by atoms with E-state index in [0.29, 0.717) is 11.1 Å². The van der Waals surface area contributed by atoms with Crippen molar-refractivity contribution in [2.75, 3.05) is 6.54 Å². The molecule has 1 aromatic rings. The summed E-state index contributed by atoms with van der Waals surface area (Å²) in [7, 11) is -3.69. The van der Waals surface area contributed by atoms with Crippen LogP contribution in [-0.4, -0.2) is 26.0 Å². The van der Waals surface area contributed by atoms with Gasteiger partial charge in [-0.15, -0.1) is 0 Å². The van der Waals surface area contributed by atoms with Gasteiger partial charge < -0.3 is 5.11 Å². The fourth-order valence-electron chi connectivity index (χ4n) is 1.63. The van der Waals surface area contributed by atoms with Crippen molar-refractivity contribution >= 4 is 16.0 Å². The monoisotopic (exact) mass is 296 g/mol. The van der Waals surface area contributed by atoms with Crippen molar-refractivity contribution in [3.8, 4) is 6.07 Å². The molecular weight excluding hydrogens is 280 g/mol. The first-order valence-electron chi connectivity index (χ1n) is 6.01. The van der Waals surface area contributed by atoms with Crippen molar-refractivity contribution in [1.29, 1.82) is 5.26 Å². The van der Waals surface area contributed by atoms with Gasteiger partial charge in [0.15, 0.2) is 0 Å². The maximum Gasteiger partial charge on any atom is 0.306 e. The van der Waals surface area contributed by atoms with Gasteiger partial charge >= 0.3 is 5.97 Å². The number of nitrogens with one attached hydrogen (secondary N) is 1. The second-order valence-electron chi connectivity index (χ2n) is 4.52. The molecule has 1 aromatic carbocycles. The number of aryl methyl sites for hydroxylation is 1. The molecule has 0 aliphatic carbocycles. The standard InChI is InChI=1S/C13H16N2O4S/c1-9(13(16)17)5-6-15-20(18,19)12-4-3-11(8-14)7-10(12)2/h3-4,7,9,15H,5-6H2,1-2H3,(H,16,17). The highest BCUT2D eigenvalue weighted by molar-refractivity contribution is 7.89. The Bertz CT molecular complexity index is 647. The number of sulfonamides is 1. The van der Waals surface area contributed by atoms with Gasteiger partial charge in [-0.2, -0.15) is 5.26 Å². The number of carboxylic acids is 1.